The van der Waals surface area contributed by atoms with Crippen LogP contribution in [0.25, 0.3) is 0 Å². The fraction of sp³-hybridized carbons (Fsp3) is 0.444. The average Bonchev–Trinajstić information content (AvgIpc) is 2.79. The van der Waals surface area contributed by atoms with Gasteiger partial charge in [-0.25, -0.2) is 4.79 Å². The molecule has 1 aliphatic heterocycles. The van der Waals surface area contributed by atoms with Crippen LogP contribution in [0.4, 0.5) is 5.69 Å². The Hall–Kier alpha value is -1.75. The summed E-state index contributed by atoms with van der Waals surface area (Å²) < 4.78 is 1.63. The normalized spacial score (nSPS) is 16.4. The van der Waals surface area contributed by atoms with Crippen molar-refractivity contribution in [3.05, 3.63) is 46.2 Å². The van der Waals surface area contributed by atoms with E-state index >= 15 is 0 Å². The summed E-state index contributed by atoms with van der Waals surface area (Å²) in [5.74, 6) is -0.0122. The molecule has 1 aliphatic rings. The average molecular weight is 332 g/mol. The molecule has 5 heteroatoms. The van der Waals surface area contributed by atoms with Crippen LogP contribution in [0.2, 0.25) is 0 Å². The standard InChI is InChI=1S/C18H26N3OS/c1-6-7-10-21-14(2)15(3)23-18(21)13-17(22)20-11-8-16(9-12-20)19(4)5/h8-9,11-13H,6-7,10H2,1-5H3/q+1/b18-13-. The van der Waals surface area contributed by atoms with Crippen molar-refractivity contribution in [2.75, 3.05) is 25.5 Å². The van der Waals surface area contributed by atoms with Crippen molar-refractivity contribution in [2.24, 2.45) is 0 Å². The molecule has 0 spiro atoms. The van der Waals surface area contributed by atoms with Crippen molar-refractivity contribution in [2.45, 2.75) is 33.6 Å². The van der Waals surface area contributed by atoms with Gasteiger partial charge in [0, 0.05) is 49.1 Å². The number of anilines is 1. The van der Waals surface area contributed by atoms with Gasteiger partial charge in [-0.1, -0.05) is 25.1 Å². The molecule has 1 aromatic heterocycles. The molecule has 0 aliphatic carbocycles. The molecule has 0 atom stereocenters. The van der Waals surface area contributed by atoms with Crippen LogP contribution in [-0.4, -0.2) is 31.4 Å². The third kappa shape index (κ3) is 4.16. The van der Waals surface area contributed by atoms with Gasteiger partial charge in [0.1, 0.15) is 0 Å². The fourth-order valence-electron chi connectivity index (χ4n) is 2.39. The van der Waals surface area contributed by atoms with E-state index in [1.807, 2.05) is 43.5 Å². The highest BCUT2D eigenvalue weighted by Gasteiger charge is 2.25. The Morgan fingerprint density at radius 3 is 2.52 bits per heavy atom. The predicted octanol–water partition coefficient (Wildman–Crippen LogP) is 3.62. The van der Waals surface area contributed by atoms with Crippen LogP contribution in [0.3, 0.4) is 0 Å². The first-order valence-electron chi connectivity index (χ1n) is 8.01. The minimum Gasteiger partial charge on any atom is -0.377 e. The minimum absolute atomic E-state index is 0.0122. The molecule has 1 aromatic rings. The Labute approximate surface area is 143 Å². The Morgan fingerprint density at radius 2 is 1.96 bits per heavy atom. The second-order valence-corrected chi connectivity index (χ2v) is 7.16. The largest absolute Gasteiger partial charge is 0.420 e. The zero-order valence-corrected chi connectivity index (χ0v) is 15.5. The van der Waals surface area contributed by atoms with Gasteiger partial charge in [-0.15, -0.1) is 4.57 Å². The highest BCUT2D eigenvalue weighted by Crippen LogP contribution is 2.40. The number of pyridine rings is 1. The zero-order valence-electron chi connectivity index (χ0n) is 14.7. The first-order valence-corrected chi connectivity index (χ1v) is 8.83. The maximum absolute atomic E-state index is 12.5. The lowest BCUT2D eigenvalue weighted by atomic mass is 10.3. The molecular formula is C18H26N3OS+. The molecule has 23 heavy (non-hydrogen) atoms. The van der Waals surface area contributed by atoms with Gasteiger partial charge in [0.25, 0.3) is 0 Å². The monoisotopic (exact) mass is 332 g/mol. The number of unbranched alkanes of at least 4 members (excludes halogenated alkanes) is 1. The molecule has 0 fully saturated rings. The fourth-order valence-corrected chi connectivity index (χ4v) is 3.46. The molecular weight excluding hydrogens is 306 g/mol. The van der Waals surface area contributed by atoms with E-state index in [0.29, 0.717) is 0 Å². The summed E-state index contributed by atoms with van der Waals surface area (Å²) in [4.78, 5) is 18.1. The first-order chi connectivity index (χ1) is 10.9. The number of hydrogen-bond acceptors (Lipinski definition) is 4. The highest BCUT2D eigenvalue weighted by molar-refractivity contribution is 8.06. The predicted molar refractivity (Wildman–Crippen MR) is 97.3 cm³/mol. The Morgan fingerprint density at radius 1 is 1.30 bits per heavy atom. The Bertz CT molecular complexity index is 632. The molecule has 0 amide bonds. The molecule has 0 bridgehead atoms. The Balaban J connectivity index is 2.17. The van der Waals surface area contributed by atoms with Crippen molar-refractivity contribution < 1.29 is 9.36 Å². The van der Waals surface area contributed by atoms with E-state index in [-0.39, 0.29) is 5.91 Å². The molecule has 0 saturated carbocycles. The van der Waals surface area contributed by atoms with Crippen LogP contribution in [-0.2, 0) is 0 Å². The second-order valence-electron chi connectivity index (χ2n) is 5.93. The lowest BCUT2D eigenvalue weighted by Crippen LogP contribution is -2.40. The van der Waals surface area contributed by atoms with Gasteiger partial charge in [-0.2, -0.15) is 0 Å². The lowest BCUT2D eigenvalue weighted by molar-refractivity contribution is -0.570. The quantitative estimate of drug-likeness (QED) is 0.608. The van der Waals surface area contributed by atoms with Crippen LogP contribution >= 0.6 is 11.8 Å². The maximum atomic E-state index is 12.5. The molecule has 2 heterocycles. The number of thioether (sulfide) groups is 1. The maximum Gasteiger partial charge on any atom is 0.420 e. The van der Waals surface area contributed by atoms with Gasteiger partial charge in [0.15, 0.2) is 12.4 Å². The highest BCUT2D eigenvalue weighted by atomic mass is 32.2. The van der Waals surface area contributed by atoms with Gasteiger partial charge in [-0.05, 0) is 20.3 Å². The summed E-state index contributed by atoms with van der Waals surface area (Å²) in [7, 11) is 3.98. The smallest absolute Gasteiger partial charge is 0.377 e. The number of nitrogens with zero attached hydrogens (tertiary/aromatic N) is 3. The van der Waals surface area contributed by atoms with Crippen LogP contribution < -0.4 is 9.47 Å². The summed E-state index contributed by atoms with van der Waals surface area (Å²) in [5, 5.41) is 1.03. The number of rotatable bonds is 5. The first kappa shape index (κ1) is 17.6. The van der Waals surface area contributed by atoms with E-state index in [4.69, 9.17) is 0 Å². The lowest BCUT2D eigenvalue weighted by Gasteiger charge is -2.20. The van der Waals surface area contributed by atoms with Crippen molar-refractivity contribution >= 4 is 23.4 Å². The molecule has 0 radical (unpaired) electrons. The topological polar surface area (TPSA) is 27.4 Å². The van der Waals surface area contributed by atoms with E-state index in [2.05, 4.69) is 25.7 Å². The van der Waals surface area contributed by atoms with E-state index < -0.39 is 0 Å². The van der Waals surface area contributed by atoms with Gasteiger partial charge in [-0.3, -0.25) is 0 Å². The van der Waals surface area contributed by atoms with Gasteiger partial charge in [0.05, 0.1) is 11.1 Å². The number of hydrogen-bond donors (Lipinski definition) is 0. The molecule has 124 valence electrons. The Kier molecular flexibility index (Phi) is 5.88. The second kappa shape index (κ2) is 7.68. The SMILES string of the molecule is CCCCN1C(C)=C(C)S/C1=C\C(=O)[n+]1ccc(N(C)C)cc1. The third-order valence-corrected chi connectivity index (χ3v) is 5.15. The van der Waals surface area contributed by atoms with Crippen LogP contribution in [0, 0.1) is 0 Å². The zero-order chi connectivity index (χ0) is 17.0. The number of aromatic nitrogens is 1. The van der Waals surface area contributed by atoms with E-state index in [1.165, 1.54) is 10.6 Å². The van der Waals surface area contributed by atoms with Gasteiger partial charge >= 0.3 is 5.91 Å². The van der Waals surface area contributed by atoms with E-state index in [0.717, 1.165) is 30.1 Å². The molecule has 0 N–H and O–H groups in total. The summed E-state index contributed by atoms with van der Waals surface area (Å²) in [5.41, 5.74) is 2.34. The van der Waals surface area contributed by atoms with Crippen LogP contribution in [0.5, 0.6) is 0 Å². The van der Waals surface area contributed by atoms with E-state index in [9.17, 15) is 4.79 Å². The number of carbonyl (C=O) groups excluding carboxylic acids is 1. The molecule has 0 saturated heterocycles. The van der Waals surface area contributed by atoms with Crippen molar-refractivity contribution in [1.82, 2.24) is 4.90 Å². The number of carbonyl (C=O) groups is 1. The molecule has 4 nitrogen and oxygen atoms in total. The van der Waals surface area contributed by atoms with Gasteiger partial charge < -0.3 is 9.80 Å². The van der Waals surface area contributed by atoms with E-state index in [1.54, 1.807) is 22.4 Å². The third-order valence-electron chi connectivity index (χ3n) is 4.00. The molecule has 0 aromatic carbocycles. The summed E-state index contributed by atoms with van der Waals surface area (Å²) in [6.45, 7) is 7.40. The van der Waals surface area contributed by atoms with Crippen LogP contribution in [0.15, 0.2) is 46.2 Å². The van der Waals surface area contributed by atoms with Crippen molar-refractivity contribution in [1.29, 1.82) is 0 Å². The molecule has 2 rings (SSSR count). The van der Waals surface area contributed by atoms with Crippen molar-refractivity contribution in [3.8, 4) is 0 Å². The molecule has 0 unspecified atom stereocenters. The number of allylic oxidation sites excluding steroid dienone is 3. The van der Waals surface area contributed by atoms with Crippen molar-refractivity contribution in [3.63, 3.8) is 0 Å². The summed E-state index contributed by atoms with van der Waals surface area (Å²) in [6.07, 6.45) is 7.66. The summed E-state index contributed by atoms with van der Waals surface area (Å²) in [6, 6.07) is 3.89. The van der Waals surface area contributed by atoms with Crippen LogP contribution in [0.1, 0.15) is 38.4 Å². The summed E-state index contributed by atoms with van der Waals surface area (Å²) >= 11 is 1.69. The van der Waals surface area contributed by atoms with Gasteiger partial charge in [0.2, 0.25) is 0 Å². The minimum atomic E-state index is -0.0122.